The average molecular weight is 274 g/mol. The van der Waals surface area contributed by atoms with E-state index in [1.807, 2.05) is 0 Å². The van der Waals surface area contributed by atoms with Crippen LogP contribution < -0.4 is 0 Å². The molecule has 0 amide bonds. The van der Waals surface area contributed by atoms with Crippen molar-refractivity contribution in [1.29, 1.82) is 0 Å². The number of thioether (sulfide) groups is 1. The van der Waals surface area contributed by atoms with Crippen LogP contribution in [0.25, 0.3) is 0 Å². The fourth-order valence-corrected chi connectivity index (χ4v) is 4.96. The van der Waals surface area contributed by atoms with E-state index in [1.54, 1.807) is 22.3 Å². The summed E-state index contributed by atoms with van der Waals surface area (Å²) in [4.78, 5) is 0. The monoisotopic (exact) mass is 274 g/mol. The normalized spacial score (nSPS) is 22.7. The lowest BCUT2D eigenvalue weighted by atomic mass is 10.1. The third kappa shape index (κ3) is 2.16. The molecule has 0 aliphatic heterocycles. The summed E-state index contributed by atoms with van der Waals surface area (Å²) in [5.41, 5.74) is 12.3. The maximum absolute atomic E-state index is 2.31. The second-order valence-electron chi connectivity index (χ2n) is 6.13. The SMILES string of the molecule is CC1=C(C)C(SC2C(C)=C(C)C(C)=C2C)C(C)=C1C. The lowest BCUT2D eigenvalue weighted by molar-refractivity contribution is 1.10. The molecule has 104 valence electrons. The minimum Gasteiger partial charge on any atom is -0.137 e. The third-order valence-electron chi connectivity index (χ3n) is 5.34. The molecule has 0 radical (unpaired) electrons. The molecule has 0 aromatic rings. The lowest BCUT2D eigenvalue weighted by Gasteiger charge is -2.22. The summed E-state index contributed by atoms with van der Waals surface area (Å²) in [6.45, 7) is 18.3. The summed E-state index contributed by atoms with van der Waals surface area (Å²) in [5.74, 6) is 0. The van der Waals surface area contributed by atoms with Crippen LogP contribution in [0.15, 0.2) is 44.6 Å². The summed E-state index contributed by atoms with van der Waals surface area (Å²) in [6.07, 6.45) is 0. The van der Waals surface area contributed by atoms with Gasteiger partial charge in [0.2, 0.25) is 0 Å². The number of hydrogen-bond donors (Lipinski definition) is 0. The first-order chi connectivity index (χ1) is 8.77. The molecule has 0 fully saturated rings. The molecule has 0 bridgehead atoms. The van der Waals surface area contributed by atoms with Crippen molar-refractivity contribution in [3.63, 3.8) is 0 Å². The van der Waals surface area contributed by atoms with E-state index in [4.69, 9.17) is 0 Å². The van der Waals surface area contributed by atoms with Crippen LogP contribution in [-0.2, 0) is 0 Å². The van der Waals surface area contributed by atoms with Gasteiger partial charge >= 0.3 is 0 Å². The predicted octanol–water partition coefficient (Wildman–Crippen LogP) is 5.83. The highest BCUT2D eigenvalue weighted by molar-refractivity contribution is 8.01. The molecule has 0 nitrogen and oxygen atoms in total. The second-order valence-corrected chi connectivity index (χ2v) is 7.34. The van der Waals surface area contributed by atoms with Crippen LogP contribution in [0.5, 0.6) is 0 Å². The Morgan fingerprint density at radius 3 is 0.895 bits per heavy atom. The van der Waals surface area contributed by atoms with Crippen LogP contribution in [0.1, 0.15) is 55.4 Å². The first-order valence-corrected chi connectivity index (χ1v) is 8.07. The van der Waals surface area contributed by atoms with Gasteiger partial charge in [-0.25, -0.2) is 0 Å². The first-order valence-electron chi connectivity index (χ1n) is 7.13. The molecule has 19 heavy (non-hydrogen) atoms. The lowest BCUT2D eigenvalue weighted by Crippen LogP contribution is -2.13. The Kier molecular flexibility index (Phi) is 3.88. The van der Waals surface area contributed by atoms with Crippen molar-refractivity contribution in [3.8, 4) is 0 Å². The van der Waals surface area contributed by atoms with Gasteiger partial charge in [-0.1, -0.05) is 22.3 Å². The molecule has 2 aliphatic rings. The van der Waals surface area contributed by atoms with E-state index in [1.165, 1.54) is 22.3 Å². The Hall–Kier alpha value is -0.690. The van der Waals surface area contributed by atoms with Gasteiger partial charge in [0.25, 0.3) is 0 Å². The Labute approximate surface area is 122 Å². The van der Waals surface area contributed by atoms with Gasteiger partial charge in [0, 0.05) is 10.5 Å². The molecule has 2 rings (SSSR count). The summed E-state index contributed by atoms with van der Waals surface area (Å²) in [7, 11) is 0. The van der Waals surface area contributed by atoms with Crippen molar-refractivity contribution < 1.29 is 0 Å². The Bertz CT molecular complexity index is 454. The van der Waals surface area contributed by atoms with Gasteiger partial charge in [0.05, 0.1) is 0 Å². The van der Waals surface area contributed by atoms with E-state index >= 15 is 0 Å². The predicted molar refractivity (Wildman–Crippen MR) is 88.7 cm³/mol. The standard InChI is InChI=1S/C18H26S/c1-9-10(2)14(6)17(13(9)5)19-18-15(7)11(3)12(4)16(18)8/h17-18H,1-8H3. The van der Waals surface area contributed by atoms with Gasteiger partial charge in [-0.3, -0.25) is 0 Å². The molecule has 0 N–H and O–H groups in total. The van der Waals surface area contributed by atoms with Gasteiger partial charge in [0.1, 0.15) is 0 Å². The average Bonchev–Trinajstić information content (AvgIpc) is 2.68. The molecule has 0 aromatic carbocycles. The number of rotatable bonds is 2. The maximum Gasteiger partial charge on any atom is 0.0481 e. The van der Waals surface area contributed by atoms with Gasteiger partial charge in [-0.05, 0) is 77.7 Å². The zero-order valence-corrected chi connectivity index (χ0v) is 14.4. The molecular weight excluding hydrogens is 248 g/mol. The Balaban J connectivity index is 2.30. The van der Waals surface area contributed by atoms with E-state index in [0.29, 0.717) is 10.5 Å². The van der Waals surface area contributed by atoms with Gasteiger partial charge in [0.15, 0.2) is 0 Å². The van der Waals surface area contributed by atoms with Crippen LogP contribution >= 0.6 is 11.8 Å². The van der Waals surface area contributed by atoms with Crippen LogP contribution in [0.2, 0.25) is 0 Å². The van der Waals surface area contributed by atoms with Crippen LogP contribution in [0.3, 0.4) is 0 Å². The summed E-state index contributed by atoms with van der Waals surface area (Å²) in [6, 6.07) is 0. The minimum atomic E-state index is 0.577. The Morgan fingerprint density at radius 2 is 0.684 bits per heavy atom. The van der Waals surface area contributed by atoms with Gasteiger partial charge < -0.3 is 0 Å². The number of allylic oxidation sites excluding steroid dienone is 4. The van der Waals surface area contributed by atoms with Crippen molar-refractivity contribution in [1.82, 2.24) is 0 Å². The Morgan fingerprint density at radius 1 is 0.474 bits per heavy atom. The van der Waals surface area contributed by atoms with Crippen LogP contribution in [0.4, 0.5) is 0 Å². The molecule has 0 aromatic heterocycles. The molecule has 0 heterocycles. The molecule has 0 saturated carbocycles. The smallest absolute Gasteiger partial charge is 0.0481 e. The first kappa shape index (κ1) is 14.7. The van der Waals surface area contributed by atoms with E-state index < -0.39 is 0 Å². The zero-order valence-electron chi connectivity index (χ0n) is 13.6. The van der Waals surface area contributed by atoms with Crippen molar-refractivity contribution in [2.75, 3.05) is 0 Å². The maximum atomic E-state index is 2.31. The van der Waals surface area contributed by atoms with Crippen molar-refractivity contribution in [2.24, 2.45) is 0 Å². The highest BCUT2D eigenvalue weighted by Crippen LogP contribution is 2.47. The molecule has 2 aliphatic carbocycles. The van der Waals surface area contributed by atoms with Crippen LogP contribution in [-0.4, -0.2) is 10.5 Å². The van der Waals surface area contributed by atoms with Crippen molar-refractivity contribution in [2.45, 2.75) is 65.9 Å². The quantitative estimate of drug-likeness (QED) is 0.610. The molecule has 0 saturated heterocycles. The van der Waals surface area contributed by atoms with E-state index in [9.17, 15) is 0 Å². The van der Waals surface area contributed by atoms with Gasteiger partial charge in [-0.2, -0.15) is 0 Å². The minimum absolute atomic E-state index is 0.577. The second kappa shape index (κ2) is 5.01. The van der Waals surface area contributed by atoms with Crippen molar-refractivity contribution >= 4 is 11.8 Å². The third-order valence-corrected chi connectivity index (χ3v) is 7.29. The molecular formula is C18H26S. The zero-order chi connectivity index (χ0) is 14.5. The molecule has 0 unspecified atom stereocenters. The topological polar surface area (TPSA) is 0 Å². The summed E-state index contributed by atoms with van der Waals surface area (Å²) >= 11 is 2.13. The summed E-state index contributed by atoms with van der Waals surface area (Å²) in [5, 5.41) is 1.15. The van der Waals surface area contributed by atoms with Crippen molar-refractivity contribution in [3.05, 3.63) is 44.6 Å². The highest BCUT2D eigenvalue weighted by Gasteiger charge is 2.32. The largest absolute Gasteiger partial charge is 0.137 e. The van der Waals surface area contributed by atoms with E-state index in [-0.39, 0.29) is 0 Å². The fraction of sp³-hybridized carbons (Fsp3) is 0.556. The van der Waals surface area contributed by atoms with Crippen LogP contribution in [0, 0.1) is 0 Å². The van der Waals surface area contributed by atoms with E-state index in [0.717, 1.165) is 0 Å². The molecule has 1 heteroatoms. The molecule has 0 atom stereocenters. The summed E-state index contributed by atoms with van der Waals surface area (Å²) < 4.78 is 0. The van der Waals surface area contributed by atoms with E-state index in [2.05, 4.69) is 67.2 Å². The number of hydrogen-bond acceptors (Lipinski definition) is 1. The molecule has 0 spiro atoms. The van der Waals surface area contributed by atoms with Gasteiger partial charge in [-0.15, -0.1) is 11.8 Å². The highest BCUT2D eigenvalue weighted by atomic mass is 32.2. The fourth-order valence-electron chi connectivity index (χ4n) is 3.16.